The molecular weight excluding hydrogens is 258 g/mol. The van der Waals surface area contributed by atoms with Gasteiger partial charge in [-0.25, -0.2) is 0 Å². The molecule has 0 aromatic heterocycles. The zero-order valence-corrected chi connectivity index (χ0v) is 10.1. The molecule has 0 atom stereocenters. The number of rotatable bonds is 5. The van der Waals surface area contributed by atoms with E-state index in [-0.39, 0.29) is 0 Å². The molecule has 0 bridgehead atoms. The summed E-state index contributed by atoms with van der Waals surface area (Å²) < 4.78 is 11.1. The number of hydrogen-bond donors (Lipinski definition) is 0. The molecule has 0 aliphatic carbocycles. The molecule has 1 aromatic rings. The standard InChI is InChI=1S/C11H12BrNO2/c1-14-6-3-7-15-11-5-2-4-10(12)9(11)8-13/h2,4-5H,3,6-7H2,1H3. The van der Waals surface area contributed by atoms with Crippen LogP contribution >= 0.6 is 15.9 Å². The second kappa shape index (κ2) is 6.44. The molecule has 3 nitrogen and oxygen atoms in total. The van der Waals surface area contributed by atoms with E-state index in [0.29, 0.717) is 24.5 Å². The van der Waals surface area contributed by atoms with Crippen LogP contribution in [0.3, 0.4) is 0 Å². The van der Waals surface area contributed by atoms with Crippen molar-refractivity contribution >= 4 is 15.9 Å². The average molecular weight is 270 g/mol. The average Bonchev–Trinajstić information content (AvgIpc) is 2.24. The van der Waals surface area contributed by atoms with Gasteiger partial charge in [-0.05, 0) is 28.1 Å². The van der Waals surface area contributed by atoms with Crippen LogP contribution in [0, 0.1) is 11.3 Å². The molecule has 1 aromatic carbocycles. The van der Waals surface area contributed by atoms with E-state index < -0.39 is 0 Å². The van der Waals surface area contributed by atoms with E-state index in [2.05, 4.69) is 22.0 Å². The molecule has 1 rings (SSSR count). The van der Waals surface area contributed by atoms with Gasteiger partial charge in [0.25, 0.3) is 0 Å². The third kappa shape index (κ3) is 3.54. The zero-order valence-electron chi connectivity index (χ0n) is 8.50. The Morgan fingerprint density at radius 2 is 2.20 bits per heavy atom. The van der Waals surface area contributed by atoms with E-state index >= 15 is 0 Å². The topological polar surface area (TPSA) is 42.2 Å². The third-order valence-electron chi connectivity index (χ3n) is 1.84. The van der Waals surface area contributed by atoms with Crippen LogP contribution in [0.4, 0.5) is 0 Å². The molecule has 0 spiro atoms. The van der Waals surface area contributed by atoms with Crippen LogP contribution in [0.1, 0.15) is 12.0 Å². The maximum Gasteiger partial charge on any atom is 0.138 e. The molecule has 0 radical (unpaired) electrons. The van der Waals surface area contributed by atoms with Gasteiger partial charge in [-0.1, -0.05) is 6.07 Å². The number of nitriles is 1. The van der Waals surface area contributed by atoms with Gasteiger partial charge >= 0.3 is 0 Å². The Morgan fingerprint density at radius 1 is 1.40 bits per heavy atom. The van der Waals surface area contributed by atoms with Gasteiger partial charge in [0.1, 0.15) is 17.4 Å². The summed E-state index contributed by atoms with van der Waals surface area (Å²) in [6, 6.07) is 7.55. The van der Waals surface area contributed by atoms with Crippen LogP contribution in [-0.2, 0) is 4.74 Å². The van der Waals surface area contributed by atoms with Gasteiger partial charge in [0.05, 0.1) is 6.61 Å². The Morgan fingerprint density at radius 3 is 2.87 bits per heavy atom. The van der Waals surface area contributed by atoms with Crippen LogP contribution in [-0.4, -0.2) is 20.3 Å². The molecule has 4 heteroatoms. The summed E-state index contributed by atoms with van der Waals surface area (Å²) in [4.78, 5) is 0. The van der Waals surface area contributed by atoms with Crippen molar-refractivity contribution in [2.24, 2.45) is 0 Å². The first-order chi connectivity index (χ1) is 7.29. The van der Waals surface area contributed by atoms with Crippen LogP contribution in [0.25, 0.3) is 0 Å². The van der Waals surface area contributed by atoms with Crippen LogP contribution in [0.15, 0.2) is 22.7 Å². The Balaban J connectivity index is 2.61. The van der Waals surface area contributed by atoms with E-state index in [1.54, 1.807) is 13.2 Å². The molecule has 0 aliphatic heterocycles. The highest BCUT2D eigenvalue weighted by molar-refractivity contribution is 9.10. The van der Waals surface area contributed by atoms with E-state index in [1.165, 1.54) is 0 Å². The van der Waals surface area contributed by atoms with E-state index in [0.717, 1.165) is 10.9 Å². The molecule has 0 saturated carbocycles. The van der Waals surface area contributed by atoms with Gasteiger partial charge < -0.3 is 9.47 Å². The Kier molecular flexibility index (Phi) is 5.16. The van der Waals surface area contributed by atoms with Crippen molar-refractivity contribution in [2.45, 2.75) is 6.42 Å². The second-order valence-corrected chi connectivity index (χ2v) is 3.77. The molecule has 0 heterocycles. The quantitative estimate of drug-likeness (QED) is 0.772. The number of methoxy groups -OCH3 is 1. The SMILES string of the molecule is COCCCOc1cccc(Br)c1C#N. The lowest BCUT2D eigenvalue weighted by molar-refractivity contribution is 0.172. The van der Waals surface area contributed by atoms with E-state index in [1.807, 2.05) is 12.1 Å². The number of hydrogen-bond acceptors (Lipinski definition) is 3. The minimum atomic E-state index is 0.537. The van der Waals surface area contributed by atoms with Crippen molar-refractivity contribution in [3.05, 3.63) is 28.2 Å². The minimum absolute atomic E-state index is 0.537. The normalized spacial score (nSPS) is 9.67. The minimum Gasteiger partial charge on any atom is -0.492 e. The molecule has 0 aliphatic rings. The van der Waals surface area contributed by atoms with Crippen LogP contribution in [0.5, 0.6) is 5.75 Å². The van der Waals surface area contributed by atoms with Gasteiger partial charge in [0.15, 0.2) is 0 Å². The van der Waals surface area contributed by atoms with Gasteiger partial charge in [-0.3, -0.25) is 0 Å². The van der Waals surface area contributed by atoms with Crippen molar-refractivity contribution in [3.63, 3.8) is 0 Å². The first-order valence-corrected chi connectivity index (χ1v) is 5.39. The summed E-state index contributed by atoms with van der Waals surface area (Å²) in [5.74, 6) is 0.614. The van der Waals surface area contributed by atoms with Gasteiger partial charge in [0, 0.05) is 24.6 Å². The van der Waals surface area contributed by atoms with Crippen LogP contribution < -0.4 is 4.74 Å². The summed E-state index contributed by atoms with van der Waals surface area (Å²) >= 11 is 3.30. The highest BCUT2D eigenvalue weighted by Gasteiger charge is 2.06. The highest BCUT2D eigenvalue weighted by Crippen LogP contribution is 2.25. The Bertz CT molecular complexity index is 360. The predicted octanol–water partition coefficient (Wildman–Crippen LogP) is 2.74. The number of nitrogens with zero attached hydrogens (tertiary/aromatic N) is 1. The Hall–Kier alpha value is -1.05. The first kappa shape index (κ1) is 12.0. The molecule has 0 amide bonds. The molecule has 0 N–H and O–H groups in total. The molecule has 0 fully saturated rings. The van der Waals surface area contributed by atoms with Gasteiger partial charge in [0.2, 0.25) is 0 Å². The summed E-state index contributed by atoms with van der Waals surface area (Å²) in [6.07, 6.45) is 0.813. The summed E-state index contributed by atoms with van der Waals surface area (Å²) in [7, 11) is 1.65. The van der Waals surface area contributed by atoms with E-state index in [4.69, 9.17) is 14.7 Å². The zero-order chi connectivity index (χ0) is 11.1. The fourth-order valence-electron chi connectivity index (χ4n) is 1.12. The fraction of sp³-hybridized carbons (Fsp3) is 0.364. The summed E-state index contributed by atoms with van der Waals surface area (Å²) in [6.45, 7) is 1.22. The number of ether oxygens (including phenoxy) is 2. The van der Waals surface area contributed by atoms with Gasteiger partial charge in [-0.15, -0.1) is 0 Å². The predicted molar refractivity (Wildman–Crippen MR) is 60.8 cm³/mol. The molecule has 15 heavy (non-hydrogen) atoms. The maximum atomic E-state index is 8.92. The van der Waals surface area contributed by atoms with Crippen molar-refractivity contribution < 1.29 is 9.47 Å². The fourth-order valence-corrected chi connectivity index (χ4v) is 1.56. The first-order valence-electron chi connectivity index (χ1n) is 4.60. The largest absolute Gasteiger partial charge is 0.492 e. The lowest BCUT2D eigenvalue weighted by atomic mass is 10.2. The molecule has 0 saturated heterocycles. The van der Waals surface area contributed by atoms with E-state index in [9.17, 15) is 0 Å². The molecular formula is C11H12BrNO2. The van der Waals surface area contributed by atoms with Gasteiger partial charge in [-0.2, -0.15) is 5.26 Å². The van der Waals surface area contributed by atoms with Crippen LogP contribution in [0.2, 0.25) is 0 Å². The lowest BCUT2D eigenvalue weighted by Crippen LogP contribution is -2.02. The second-order valence-electron chi connectivity index (χ2n) is 2.92. The summed E-state index contributed by atoms with van der Waals surface area (Å²) in [5.41, 5.74) is 0.537. The summed E-state index contributed by atoms with van der Waals surface area (Å²) in [5, 5.41) is 8.92. The molecule has 0 unspecified atom stereocenters. The van der Waals surface area contributed by atoms with Crippen molar-refractivity contribution in [2.75, 3.05) is 20.3 Å². The van der Waals surface area contributed by atoms with Crippen molar-refractivity contribution in [1.82, 2.24) is 0 Å². The third-order valence-corrected chi connectivity index (χ3v) is 2.50. The molecule has 80 valence electrons. The number of halogens is 1. The monoisotopic (exact) mass is 269 g/mol. The maximum absolute atomic E-state index is 8.92. The highest BCUT2D eigenvalue weighted by atomic mass is 79.9. The Labute approximate surface area is 97.7 Å². The van der Waals surface area contributed by atoms with Crippen molar-refractivity contribution in [1.29, 1.82) is 5.26 Å². The van der Waals surface area contributed by atoms with Crippen molar-refractivity contribution in [3.8, 4) is 11.8 Å². The lowest BCUT2D eigenvalue weighted by Gasteiger charge is -2.08. The smallest absolute Gasteiger partial charge is 0.138 e. The number of benzene rings is 1.